The maximum absolute atomic E-state index is 12.7. The van der Waals surface area contributed by atoms with Crippen LogP contribution in [0.15, 0.2) is 24.3 Å². The number of piperidine rings is 1. The van der Waals surface area contributed by atoms with Gasteiger partial charge in [0.1, 0.15) is 0 Å². The fraction of sp³-hybridized carbons (Fsp3) is 0.533. The third-order valence-corrected chi connectivity index (χ3v) is 3.90. The van der Waals surface area contributed by atoms with Gasteiger partial charge in [-0.3, -0.25) is 9.69 Å². The smallest absolute Gasteiger partial charge is 0.310 e. The largest absolute Gasteiger partial charge is 0.481 e. The number of rotatable bonds is 4. The summed E-state index contributed by atoms with van der Waals surface area (Å²) in [4.78, 5) is 13.3. The van der Waals surface area contributed by atoms with Gasteiger partial charge in [0.05, 0.1) is 5.41 Å². The Bertz CT molecular complexity index is 493. The Labute approximate surface area is 117 Å². The quantitative estimate of drug-likeness (QED) is 0.921. The van der Waals surface area contributed by atoms with Crippen molar-refractivity contribution >= 4 is 5.97 Å². The molecule has 1 atom stereocenters. The maximum atomic E-state index is 12.7. The number of nitrogens with zero attached hydrogens (tertiary/aromatic N) is 1. The van der Waals surface area contributed by atoms with Crippen molar-refractivity contribution in [1.82, 2.24) is 4.90 Å². The van der Waals surface area contributed by atoms with Crippen LogP contribution < -0.4 is 0 Å². The highest BCUT2D eigenvalue weighted by Gasteiger charge is 2.37. The summed E-state index contributed by atoms with van der Waals surface area (Å²) < 4.78 is 25.3. The van der Waals surface area contributed by atoms with Crippen molar-refractivity contribution in [3.8, 4) is 0 Å². The summed E-state index contributed by atoms with van der Waals surface area (Å²) in [6.07, 6.45) is -0.992. The molecular formula is C15H19F2NO2. The average Bonchev–Trinajstić information content (AvgIpc) is 2.39. The summed E-state index contributed by atoms with van der Waals surface area (Å²) in [5.74, 6) is -0.788. The van der Waals surface area contributed by atoms with Crippen LogP contribution in [0.2, 0.25) is 0 Å². The van der Waals surface area contributed by atoms with E-state index in [2.05, 4.69) is 0 Å². The molecule has 3 nitrogen and oxygen atoms in total. The monoisotopic (exact) mass is 283 g/mol. The predicted molar refractivity (Wildman–Crippen MR) is 71.7 cm³/mol. The van der Waals surface area contributed by atoms with Crippen LogP contribution in [0.25, 0.3) is 0 Å². The summed E-state index contributed by atoms with van der Waals surface area (Å²) in [6, 6.07) is 6.33. The van der Waals surface area contributed by atoms with E-state index >= 15 is 0 Å². The minimum Gasteiger partial charge on any atom is -0.481 e. The third-order valence-electron chi connectivity index (χ3n) is 3.90. The summed E-state index contributed by atoms with van der Waals surface area (Å²) >= 11 is 0. The van der Waals surface area contributed by atoms with Crippen LogP contribution in [0, 0.1) is 5.41 Å². The number of carbonyl (C=O) groups is 1. The summed E-state index contributed by atoms with van der Waals surface area (Å²) in [5.41, 5.74) is 0.0800. The molecule has 1 aromatic carbocycles. The number of aliphatic carboxylic acids is 1. The lowest BCUT2D eigenvalue weighted by Crippen LogP contribution is -2.45. The normalized spacial score (nSPS) is 24.0. The van der Waals surface area contributed by atoms with Gasteiger partial charge < -0.3 is 5.11 Å². The van der Waals surface area contributed by atoms with Crippen molar-refractivity contribution < 1.29 is 18.7 Å². The van der Waals surface area contributed by atoms with Crippen molar-refractivity contribution in [3.05, 3.63) is 35.4 Å². The standard InChI is InChI=1S/C15H19F2NO2/c1-15(14(19)20)6-3-7-18(10-15)9-11-4-2-5-12(8-11)13(16)17/h2,4-5,8,13H,3,6-7,9-10H2,1H3,(H,19,20). The van der Waals surface area contributed by atoms with Gasteiger partial charge in [0, 0.05) is 18.7 Å². The van der Waals surface area contributed by atoms with Gasteiger partial charge in [-0.2, -0.15) is 0 Å². The molecular weight excluding hydrogens is 264 g/mol. The van der Waals surface area contributed by atoms with Crippen LogP contribution >= 0.6 is 0 Å². The van der Waals surface area contributed by atoms with Gasteiger partial charge >= 0.3 is 5.97 Å². The highest BCUT2D eigenvalue weighted by atomic mass is 19.3. The van der Waals surface area contributed by atoms with E-state index in [9.17, 15) is 18.7 Å². The molecule has 0 saturated carbocycles. The SMILES string of the molecule is CC1(C(=O)O)CCCN(Cc2cccc(C(F)F)c2)C1. The molecule has 0 bridgehead atoms. The molecule has 1 fully saturated rings. The molecule has 0 aliphatic carbocycles. The zero-order valence-electron chi connectivity index (χ0n) is 11.5. The zero-order chi connectivity index (χ0) is 14.8. The highest BCUT2D eigenvalue weighted by molar-refractivity contribution is 5.74. The Morgan fingerprint density at radius 1 is 1.50 bits per heavy atom. The second-order valence-corrected chi connectivity index (χ2v) is 5.73. The van der Waals surface area contributed by atoms with E-state index in [1.54, 1.807) is 19.1 Å². The molecule has 2 rings (SSSR count). The van der Waals surface area contributed by atoms with E-state index in [1.807, 2.05) is 4.90 Å². The number of carboxylic acids is 1. The molecule has 1 aliphatic heterocycles. The molecule has 110 valence electrons. The van der Waals surface area contributed by atoms with E-state index in [0.29, 0.717) is 19.5 Å². The molecule has 1 saturated heterocycles. The summed E-state index contributed by atoms with van der Waals surface area (Å²) in [7, 11) is 0. The molecule has 1 aromatic rings. The minimum atomic E-state index is -2.47. The number of hydrogen-bond acceptors (Lipinski definition) is 2. The van der Waals surface area contributed by atoms with E-state index in [-0.39, 0.29) is 5.56 Å². The molecule has 1 heterocycles. The second kappa shape index (κ2) is 5.87. The lowest BCUT2D eigenvalue weighted by atomic mass is 9.82. The molecule has 20 heavy (non-hydrogen) atoms. The number of alkyl halides is 2. The van der Waals surface area contributed by atoms with Crippen molar-refractivity contribution in [1.29, 1.82) is 0 Å². The Hall–Kier alpha value is -1.49. The molecule has 5 heteroatoms. The second-order valence-electron chi connectivity index (χ2n) is 5.73. The lowest BCUT2D eigenvalue weighted by molar-refractivity contribution is -0.151. The molecule has 0 aromatic heterocycles. The predicted octanol–water partition coefficient (Wildman–Crippen LogP) is 3.31. The average molecular weight is 283 g/mol. The van der Waals surface area contributed by atoms with Crippen LogP contribution in [0.3, 0.4) is 0 Å². The number of likely N-dealkylation sites (tertiary alicyclic amines) is 1. The van der Waals surface area contributed by atoms with Crippen LogP contribution in [0.4, 0.5) is 8.78 Å². The van der Waals surface area contributed by atoms with Crippen LogP contribution in [-0.4, -0.2) is 29.1 Å². The van der Waals surface area contributed by atoms with Gasteiger partial charge in [-0.25, -0.2) is 8.78 Å². The fourth-order valence-corrected chi connectivity index (χ4v) is 2.74. The third kappa shape index (κ3) is 3.33. The first-order valence-electron chi connectivity index (χ1n) is 6.73. The summed E-state index contributed by atoms with van der Waals surface area (Å²) in [6.45, 7) is 3.53. The maximum Gasteiger partial charge on any atom is 0.310 e. The first-order valence-corrected chi connectivity index (χ1v) is 6.73. The Balaban J connectivity index is 2.06. The number of halogens is 2. The number of carboxylic acid groups (broad SMARTS) is 1. The summed E-state index contributed by atoms with van der Waals surface area (Å²) in [5, 5.41) is 9.27. The van der Waals surface area contributed by atoms with Crippen molar-refractivity contribution in [3.63, 3.8) is 0 Å². The highest BCUT2D eigenvalue weighted by Crippen LogP contribution is 2.30. The lowest BCUT2D eigenvalue weighted by Gasteiger charge is -2.37. The minimum absolute atomic E-state index is 0.0144. The molecule has 0 amide bonds. The molecule has 1 N–H and O–H groups in total. The van der Waals surface area contributed by atoms with Crippen LogP contribution in [0.5, 0.6) is 0 Å². The van der Waals surface area contributed by atoms with Crippen LogP contribution in [-0.2, 0) is 11.3 Å². The van der Waals surface area contributed by atoms with E-state index in [0.717, 1.165) is 18.5 Å². The zero-order valence-corrected chi connectivity index (χ0v) is 11.5. The van der Waals surface area contributed by atoms with Gasteiger partial charge in [-0.1, -0.05) is 18.2 Å². The van der Waals surface area contributed by atoms with Crippen molar-refractivity contribution in [2.24, 2.45) is 5.41 Å². The van der Waals surface area contributed by atoms with Gasteiger partial charge in [-0.15, -0.1) is 0 Å². The first kappa shape index (κ1) is 14.9. The Kier molecular flexibility index (Phi) is 4.38. The van der Waals surface area contributed by atoms with E-state index in [4.69, 9.17) is 0 Å². The Morgan fingerprint density at radius 2 is 2.25 bits per heavy atom. The number of hydrogen-bond donors (Lipinski definition) is 1. The fourth-order valence-electron chi connectivity index (χ4n) is 2.74. The van der Waals surface area contributed by atoms with E-state index in [1.165, 1.54) is 12.1 Å². The molecule has 1 aliphatic rings. The Morgan fingerprint density at radius 3 is 2.90 bits per heavy atom. The van der Waals surface area contributed by atoms with Gasteiger partial charge in [0.2, 0.25) is 0 Å². The topological polar surface area (TPSA) is 40.5 Å². The molecule has 1 unspecified atom stereocenters. The van der Waals surface area contributed by atoms with Crippen LogP contribution in [0.1, 0.15) is 37.3 Å². The van der Waals surface area contributed by atoms with E-state index < -0.39 is 17.8 Å². The van der Waals surface area contributed by atoms with Crippen molar-refractivity contribution in [2.75, 3.05) is 13.1 Å². The first-order chi connectivity index (χ1) is 9.40. The van der Waals surface area contributed by atoms with Gasteiger partial charge in [0.15, 0.2) is 0 Å². The number of benzene rings is 1. The molecule has 0 radical (unpaired) electrons. The molecule has 0 spiro atoms. The van der Waals surface area contributed by atoms with Gasteiger partial charge in [-0.05, 0) is 37.9 Å². The van der Waals surface area contributed by atoms with Gasteiger partial charge in [0.25, 0.3) is 6.43 Å². The van der Waals surface area contributed by atoms with Crippen molar-refractivity contribution in [2.45, 2.75) is 32.7 Å².